The number of rotatable bonds is 3. The Morgan fingerprint density at radius 1 is 1.67 bits per heavy atom. The van der Waals surface area contributed by atoms with Crippen LogP contribution in [-0.4, -0.2) is 21.3 Å². The van der Waals surface area contributed by atoms with Crippen LogP contribution < -0.4 is 11.0 Å². The second-order valence-electron chi connectivity index (χ2n) is 1.27. The summed E-state index contributed by atoms with van der Waals surface area (Å²) in [5.41, 5.74) is 4.51. The Bertz CT molecular complexity index is 114. The second kappa shape index (κ2) is 5.54. The molecular formula is C3H8AlN4O. The number of carbonyl (C=O) groups excluding carboxylic acids is 1. The number of amides is 1. The average Bonchev–Trinajstić information content (AvgIpc) is 1.80. The molecule has 0 aliphatic rings. The molecular weight excluding hydrogens is 135 g/mol. The monoisotopic (exact) mass is 143 g/mol. The lowest BCUT2D eigenvalue weighted by Crippen LogP contribution is -2.30. The van der Waals surface area contributed by atoms with Crippen molar-refractivity contribution in [3.63, 3.8) is 0 Å². The van der Waals surface area contributed by atoms with Crippen molar-refractivity contribution in [3.8, 4) is 0 Å². The van der Waals surface area contributed by atoms with Crippen molar-refractivity contribution in [1.82, 2.24) is 11.0 Å². The van der Waals surface area contributed by atoms with Gasteiger partial charge in [0.05, 0.1) is 0 Å². The molecule has 0 aliphatic heterocycles. The van der Waals surface area contributed by atoms with Gasteiger partial charge < -0.3 is 4.10 Å². The average molecular weight is 143 g/mol. The maximum atomic E-state index is 10.1. The van der Waals surface area contributed by atoms with E-state index in [1.807, 2.05) is 5.79 Å². The van der Waals surface area contributed by atoms with Gasteiger partial charge in [-0.25, -0.2) is 5.53 Å². The summed E-state index contributed by atoms with van der Waals surface area (Å²) in [5.74, 6) is 1.75. The molecule has 0 saturated heterocycles. The first-order valence-corrected chi connectivity index (χ1v) is 4.13. The minimum atomic E-state index is -0.181. The third-order valence-corrected chi connectivity index (χ3v) is 0.802. The molecule has 0 aromatic rings. The standard InChI is InChI=1S/C2H5N4O.CH3.Al/c1-2(7)4-6-5-3;;/h1H3,(H2-,3,4,5,6,7);1H3;/q-1;;+1. The van der Waals surface area contributed by atoms with Crippen LogP contribution in [0.25, 0.3) is 0 Å². The predicted molar refractivity (Wildman–Crippen MR) is 33.4 cm³/mol. The van der Waals surface area contributed by atoms with Gasteiger partial charge in [0.25, 0.3) is 0 Å². The topological polar surface area (TPSA) is 65.8 Å². The van der Waals surface area contributed by atoms with Gasteiger partial charge >= 0.3 is 15.4 Å². The van der Waals surface area contributed by atoms with Crippen LogP contribution in [-0.2, 0) is 4.79 Å². The highest BCUT2D eigenvalue weighted by Gasteiger charge is 1.82. The van der Waals surface area contributed by atoms with Crippen LogP contribution in [0, 0.1) is 0 Å². The number of nitrogens with one attached hydrogen (secondary N) is 2. The van der Waals surface area contributed by atoms with Crippen LogP contribution in [0.2, 0.25) is 5.79 Å². The summed E-state index contributed by atoms with van der Waals surface area (Å²) in [6, 6.07) is 0. The van der Waals surface area contributed by atoms with Crippen molar-refractivity contribution in [3.05, 3.63) is 0 Å². The highest BCUT2D eigenvalue weighted by Crippen LogP contribution is 1.62. The third kappa shape index (κ3) is 7.40. The van der Waals surface area contributed by atoms with Crippen molar-refractivity contribution in [2.45, 2.75) is 12.7 Å². The zero-order valence-electron chi connectivity index (χ0n) is 5.38. The first-order chi connectivity index (χ1) is 4.27. The van der Waals surface area contributed by atoms with E-state index in [1.54, 1.807) is 0 Å². The first kappa shape index (κ1) is 8.40. The van der Waals surface area contributed by atoms with Crippen molar-refractivity contribution in [2.24, 2.45) is 9.32 Å². The van der Waals surface area contributed by atoms with Gasteiger partial charge in [0.1, 0.15) is 0 Å². The van der Waals surface area contributed by atoms with Crippen LogP contribution in [0.5, 0.6) is 0 Å². The fourth-order valence-corrected chi connectivity index (χ4v) is 0.364. The molecule has 5 nitrogen and oxygen atoms in total. The zero-order chi connectivity index (χ0) is 7.11. The predicted octanol–water partition coefficient (Wildman–Crippen LogP) is -0.338. The molecule has 0 heterocycles. The van der Waals surface area contributed by atoms with Crippen LogP contribution in [0.1, 0.15) is 6.92 Å². The normalized spacial score (nSPS) is 9.11. The molecule has 1 radical (unpaired) electrons. The Hall–Kier alpha value is -0.598. The number of carbonyl (C=O) groups is 1. The molecule has 0 rings (SSSR count). The molecule has 1 amide bonds. The van der Waals surface area contributed by atoms with E-state index >= 15 is 0 Å². The fourth-order valence-electron chi connectivity index (χ4n) is 0.190. The second-order valence-corrected chi connectivity index (χ2v) is 2.01. The molecule has 9 heavy (non-hydrogen) atoms. The first-order valence-electron chi connectivity index (χ1n) is 2.46. The molecule has 0 atom stereocenters. The van der Waals surface area contributed by atoms with Gasteiger partial charge in [0, 0.05) is 6.92 Å². The molecule has 0 unspecified atom stereocenters. The van der Waals surface area contributed by atoms with E-state index in [9.17, 15) is 4.79 Å². The van der Waals surface area contributed by atoms with Gasteiger partial charge in [-0.05, 0) is 0 Å². The van der Waals surface area contributed by atoms with E-state index in [2.05, 4.69) is 20.3 Å². The number of nitrogens with zero attached hydrogens (tertiary/aromatic N) is 2. The molecule has 49 valence electrons. The maximum Gasteiger partial charge on any atom is 0.438 e. The zero-order valence-corrected chi connectivity index (χ0v) is 6.53. The minimum absolute atomic E-state index is 0.00969. The van der Waals surface area contributed by atoms with Gasteiger partial charge in [0.2, 0.25) is 5.91 Å². The quantitative estimate of drug-likeness (QED) is 0.322. The van der Waals surface area contributed by atoms with Gasteiger partial charge in [-0.1, -0.05) is 11.0 Å². The Labute approximate surface area is 59.8 Å². The number of hydrazine groups is 1. The Morgan fingerprint density at radius 3 is 2.78 bits per heavy atom. The summed E-state index contributed by atoms with van der Waals surface area (Å²) in [7, 11) is 0. The molecule has 0 aromatic carbocycles. The van der Waals surface area contributed by atoms with Crippen molar-refractivity contribution < 1.29 is 4.79 Å². The van der Waals surface area contributed by atoms with E-state index in [0.717, 1.165) is 0 Å². The summed E-state index contributed by atoms with van der Waals surface area (Å²) < 4.78 is 3.63. The smallest absolute Gasteiger partial charge is 0.313 e. The highest BCUT2D eigenvalue weighted by atomic mass is 27.1. The molecule has 0 aliphatic carbocycles. The van der Waals surface area contributed by atoms with Crippen molar-refractivity contribution in [1.29, 1.82) is 0 Å². The lowest BCUT2D eigenvalue weighted by Gasteiger charge is -1.95. The molecule has 0 bridgehead atoms. The van der Waals surface area contributed by atoms with E-state index in [1.165, 1.54) is 6.92 Å². The molecule has 0 fully saturated rings. The van der Waals surface area contributed by atoms with Gasteiger partial charge in [0.15, 0.2) is 0 Å². The lowest BCUT2D eigenvalue weighted by molar-refractivity contribution is -0.119. The molecule has 6 heteroatoms. The van der Waals surface area contributed by atoms with Crippen molar-refractivity contribution >= 4 is 21.3 Å². The molecule has 2 N–H and O–H groups in total. The Balaban J connectivity index is 3.09. The molecule has 0 saturated carbocycles. The van der Waals surface area contributed by atoms with Crippen LogP contribution in [0.15, 0.2) is 9.32 Å². The largest absolute Gasteiger partial charge is 0.438 e. The van der Waals surface area contributed by atoms with Crippen LogP contribution in [0.4, 0.5) is 0 Å². The summed E-state index contributed by atoms with van der Waals surface area (Å²) in [6.45, 7) is 1.39. The van der Waals surface area contributed by atoms with Gasteiger partial charge in [-0.15, -0.1) is 0 Å². The summed E-state index contributed by atoms with van der Waals surface area (Å²) in [5, 5.41) is 3.41. The molecule has 0 aromatic heterocycles. The van der Waals surface area contributed by atoms with Crippen LogP contribution in [0.3, 0.4) is 0 Å². The third-order valence-electron chi connectivity index (χ3n) is 0.455. The highest BCUT2D eigenvalue weighted by molar-refractivity contribution is 6.30. The summed E-state index contributed by atoms with van der Waals surface area (Å²) in [6.07, 6.45) is 0. The lowest BCUT2D eigenvalue weighted by atomic mass is 10.8. The Kier molecular flexibility index (Phi) is 5.17. The van der Waals surface area contributed by atoms with Gasteiger partial charge in [-0.3, -0.25) is 10.2 Å². The van der Waals surface area contributed by atoms with E-state index in [0.29, 0.717) is 0 Å². The maximum absolute atomic E-state index is 10.1. The summed E-state index contributed by atoms with van der Waals surface area (Å²) in [4.78, 5) is 10.1. The van der Waals surface area contributed by atoms with E-state index < -0.39 is 0 Å². The minimum Gasteiger partial charge on any atom is -0.313 e. The Morgan fingerprint density at radius 2 is 2.33 bits per heavy atom. The molecule has 0 spiro atoms. The number of hydrogen-bond acceptors (Lipinski definition) is 3. The summed E-state index contributed by atoms with van der Waals surface area (Å²) >= 11 is 0.00969. The van der Waals surface area contributed by atoms with E-state index in [4.69, 9.17) is 0 Å². The van der Waals surface area contributed by atoms with Crippen LogP contribution >= 0.6 is 0 Å². The van der Waals surface area contributed by atoms with E-state index in [-0.39, 0.29) is 21.3 Å². The fraction of sp³-hybridized carbons (Fsp3) is 0.667. The SMILES string of the molecule is [CH3][Al][N]=NNNC(C)=O. The van der Waals surface area contributed by atoms with Gasteiger partial charge in [-0.2, -0.15) is 0 Å². The van der Waals surface area contributed by atoms with Crippen molar-refractivity contribution in [2.75, 3.05) is 0 Å². The number of hydrogen-bond donors (Lipinski definition) is 2.